The van der Waals surface area contributed by atoms with Gasteiger partial charge in [-0.2, -0.15) is 0 Å². The molecule has 0 aliphatic carbocycles. The molecule has 1 aromatic carbocycles. The number of hydrogen-bond donors (Lipinski definition) is 1. The normalized spacial score (nSPS) is 10.9. The maximum absolute atomic E-state index is 6.41. The molecule has 0 fully saturated rings. The lowest BCUT2D eigenvalue weighted by Crippen LogP contribution is -2.14. The minimum atomic E-state index is 0.505. The standard InChI is InChI=1S/C15H18ClN5/c1-4-21(3)10-19-12-8-11(2)9-13(14(12)16)20-15-17-6-5-7-18-15/h5-10H,4H2,1-3H3,(H,17,18,20). The van der Waals surface area contributed by atoms with Crippen LogP contribution in [-0.4, -0.2) is 34.8 Å². The molecule has 2 rings (SSSR count). The predicted octanol–water partition coefficient (Wildman–Crippen LogP) is 3.79. The topological polar surface area (TPSA) is 53.4 Å². The molecular formula is C15H18ClN5. The van der Waals surface area contributed by atoms with E-state index in [4.69, 9.17) is 11.6 Å². The van der Waals surface area contributed by atoms with Crippen LogP contribution in [0.5, 0.6) is 0 Å². The van der Waals surface area contributed by atoms with E-state index in [2.05, 4.69) is 27.2 Å². The monoisotopic (exact) mass is 303 g/mol. The van der Waals surface area contributed by atoms with Crippen molar-refractivity contribution in [3.05, 3.63) is 41.2 Å². The summed E-state index contributed by atoms with van der Waals surface area (Å²) in [6.45, 7) is 4.94. The molecule has 6 heteroatoms. The molecule has 0 amide bonds. The molecule has 0 bridgehead atoms. The zero-order valence-electron chi connectivity index (χ0n) is 12.3. The Morgan fingerprint density at radius 1 is 1.33 bits per heavy atom. The molecule has 21 heavy (non-hydrogen) atoms. The van der Waals surface area contributed by atoms with Crippen LogP contribution in [0.15, 0.2) is 35.6 Å². The zero-order chi connectivity index (χ0) is 15.2. The van der Waals surface area contributed by atoms with Gasteiger partial charge in [-0.1, -0.05) is 11.6 Å². The van der Waals surface area contributed by atoms with Crippen LogP contribution in [0.3, 0.4) is 0 Å². The summed E-state index contributed by atoms with van der Waals surface area (Å²) in [4.78, 5) is 14.7. The Kier molecular flexibility index (Phi) is 5.11. The molecule has 0 atom stereocenters. The summed E-state index contributed by atoms with van der Waals surface area (Å²) in [5, 5.41) is 3.66. The number of aryl methyl sites for hydroxylation is 1. The van der Waals surface area contributed by atoms with Crippen molar-refractivity contribution in [1.82, 2.24) is 14.9 Å². The van der Waals surface area contributed by atoms with Gasteiger partial charge < -0.3 is 10.2 Å². The smallest absolute Gasteiger partial charge is 0.227 e. The van der Waals surface area contributed by atoms with E-state index in [9.17, 15) is 0 Å². The number of aliphatic imine (C=N–C) groups is 1. The van der Waals surface area contributed by atoms with Crippen molar-refractivity contribution in [2.75, 3.05) is 18.9 Å². The quantitative estimate of drug-likeness (QED) is 0.674. The Labute approximate surface area is 129 Å². The van der Waals surface area contributed by atoms with Gasteiger partial charge in [0.15, 0.2) is 0 Å². The molecule has 0 unspecified atom stereocenters. The third kappa shape index (κ3) is 4.16. The zero-order valence-corrected chi connectivity index (χ0v) is 13.1. The number of benzene rings is 1. The number of hydrogen-bond acceptors (Lipinski definition) is 4. The fourth-order valence-electron chi connectivity index (χ4n) is 1.66. The molecule has 110 valence electrons. The predicted molar refractivity (Wildman–Crippen MR) is 88.0 cm³/mol. The minimum Gasteiger partial charge on any atom is -0.366 e. The van der Waals surface area contributed by atoms with Crippen LogP contribution < -0.4 is 5.32 Å². The van der Waals surface area contributed by atoms with E-state index in [-0.39, 0.29) is 0 Å². The molecule has 0 saturated carbocycles. The van der Waals surface area contributed by atoms with Crippen molar-refractivity contribution in [3.8, 4) is 0 Å². The van der Waals surface area contributed by atoms with Gasteiger partial charge in [-0.25, -0.2) is 15.0 Å². The highest BCUT2D eigenvalue weighted by atomic mass is 35.5. The first-order valence-corrected chi connectivity index (χ1v) is 7.06. The van der Waals surface area contributed by atoms with Crippen LogP contribution in [0.1, 0.15) is 12.5 Å². The molecule has 0 spiro atoms. The number of halogens is 1. The average molecular weight is 304 g/mol. The highest BCUT2D eigenvalue weighted by Crippen LogP contribution is 2.34. The minimum absolute atomic E-state index is 0.505. The summed E-state index contributed by atoms with van der Waals surface area (Å²) in [5.74, 6) is 0.505. The molecule has 1 heterocycles. The lowest BCUT2D eigenvalue weighted by atomic mass is 10.2. The van der Waals surface area contributed by atoms with E-state index in [0.717, 1.165) is 23.5 Å². The maximum Gasteiger partial charge on any atom is 0.227 e. The van der Waals surface area contributed by atoms with Crippen molar-refractivity contribution in [1.29, 1.82) is 0 Å². The van der Waals surface area contributed by atoms with E-state index in [0.29, 0.717) is 11.0 Å². The molecule has 0 aliphatic heterocycles. The number of rotatable bonds is 5. The Morgan fingerprint density at radius 3 is 2.71 bits per heavy atom. The van der Waals surface area contributed by atoms with Crippen molar-refractivity contribution in [2.24, 2.45) is 4.99 Å². The number of aromatic nitrogens is 2. The van der Waals surface area contributed by atoms with Crippen LogP contribution in [0.4, 0.5) is 17.3 Å². The number of nitrogens with zero attached hydrogens (tertiary/aromatic N) is 4. The Balaban J connectivity index is 2.30. The first-order valence-electron chi connectivity index (χ1n) is 6.68. The van der Waals surface area contributed by atoms with Gasteiger partial charge in [0.1, 0.15) is 0 Å². The Bertz CT molecular complexity index is 627. The Hall–Kier alpha value is -2.14. The van der Waals surface area contributed by atoms with Gasteiger partial charge in [-0.05, 0) is 37.6 Å². The van der Waals surface area contributed by atoms with Crippen molar-refractivity contribution < 1.29 is 0 Å². The fraction of sp³-hybridized carbons (Fsp3) is 0.267. The van der Waals surface area contributed by atoms with Crippen LogP contribution >= 0.6 is 11.6 Å². The Morgan fingerprint density at radius 2 is 2.05 bits per heavy atom. The molecule has 1 aromatic heterocycles. The summed E-state index contributed by atoms with van der Waals surface area (Å²) < 4.78 is 0. The largest absolute Gasteiger partial charge is 0.366 e. The molecule has 1 N–H and O–H groups in total. The first-order chi connectivity index (χ1) is 10.1. The molecule has 2 aromatic rings. The summed E-state index contributed by atoms with van der Waals surface area (Å²) in [6.07, 6.45) is 5.12. The second-order valence-corrected chi connectivity index (χ2v) is 5.04. The second-order valence-electron chi connectivity index (χ2n) is 4.66. The highest BCUT2D eigenvalue weighted by Gasteiger charge is 2.08. The van der Waals surface area contributed by atoms with E-state index in [1.165, 1.54) is 0 Å². The van der Waals surface area contributed by atoms with E-state index in [1.807, 2.05) is 31.0 Å². The molecule has 0 radical (unpaired) electrons. The summed E-state index contributed by atoms with van der Waals surface area (Å²) in [5.41, 5.74) is 2.52. The molecule has 5 nitrogen and oxygen atoms in total. The van der Waals surface area contributed by atoms with Crippen molar-refractivity contribution in [2.45, 2.75) is 13.8 Å². The number of nitrogens with one attached hydrogen (secondary N) is 1. The summed E-state index contributed by atoms with van der Waals surface area (Å²) in [6, 6.07) is 5.65. The molecule has 0 aliphatic rings. The van der Waals surface area contributed by atoms with Gasteiger partial charge in [-0.3, -0.25) is 0 Å². The van der Waals surface area contributed by atoms with Gasteiger partial charge in [0.25, 0.3) is 0 Å². The van der Waals surface area contributed by atoms with E-state index >= 15 is 0 Å². The summed E-state index contributed by atoms with van der Waals surface area (Å²) >= 11 is 6.41. The molecular weight excluding hydrogens is 286 g/mol. The lowest BCUT2D eigenvalue weighted by Gasteiger charge is -2.12. The molecule has 0 saturated heterocycles. The van der Waals surface area contributed by atoms with Crippen LogP contribution in [0.25, 0.3) is 0 Å². The lowest BCUT2D eigenvalue weighted by molar-refractivity contribution is 0.552. The van der Waals surface area contributed by atoms with Crippen LogP contribution in [-0.2, 0) is 0 Å². The van der Waals surface area contributed by atoms with Gasteiger partial charge >= 0.3 is 0 Å². The van der Waals surface area contributed by atoms with Gasteiger partial charge in [-0.15, -0.1) is 0 Å². The average Bonchev–Trinajstić information content (AvgIpc) is 2.49. The van der Waals surface area contributed by atoms with Crippen LogP contribution in [0.2, 0.25) is 5.02 Å². The SMILES string of the molecule is CCN(C)C=Nc1cc(C)cc(Nc2ncccn2)c1Cl. The van der Waals surface area contributed by atoms with E-state index in [1.54, 1.807) is 24.8 Å². The summed E-state index contributed by atoms with van der Waals surface area (Å²) in [7, 11) is 1.96. The van der Waals surface area contributed by atoms with Gasteiger partial charge in [0.05, 0.1) is 22.7 Å². The van der Waals surface area contributed by atoms with E-state index < -0.39 is 0 Å². The van der Waals surface area contributed by atoms with Gasteiger partial charge in [0.2, 0.25) is 5.95 Å². The van der Waals surface area contributed by atoms with Crippen molar-refractivity contribution >= 4 is 35.3 Å². The number of anilines is 2. The second kappa shape index (κ2) is 7.04. The third-order valence-corrected chi connectivity index (χ3v) is 3.30. The van der Waals surface area contributed by atoms with Crippen LogP contribution in [0, 0.1) is 6.92 Å². The van der Waals surface area contributed by atoms with Crippen molar-refractivity contribution in [3.63, 3.8) is 0 Å². The fourth-order valence-corrected chi connectivity index (χ4v) is 1.87. The third-order valence-electron chi connectivity index (χ3n) is 2.90. The maximum atomic E-state index is 6.41. The van der Waals surface area contributed by atoms with Gasteiger partial charge in [0, 0.05) is 26.0 Å². The highest BCUT2D eigenvalue weighted by molar-refractivity contribution is 6.35. The first kappa shape index (κ1) is 15.3.